The van der Waals surface area contributed by atoms with Gasteiger partial charge in [-0.25, -0.2) is 0 Å². The van der Waals surface area contributed by atoms with Gasteiger partial charge in [0.15, 0.2) is 0 Å². The zero-order chi connectivity index (χ0) is 12.4. The third-order valence-corrected chi connectivity index (χ3v) is 2.89. The van der Waals surface area contributed by atoms with Crippen molar-refractivity contribution in [1.29, 1.82) is 5.26 Å². The Morgan fingerprint density at radius 1 is 1.35 bits per heavy atom. The maximum atomic E-state index is 10.8. The number of rotatable bonds is 2. The number of benzene rings is 2. The summed E-state index contributed by atoms with van der Waals surface area (Å²) in [6.07, 6.45) is -0.148. The fourth-order valence-electron chi connectivity index (χ4n) is 1.76. The molecule has 0 aromatic heterocycles. The Hall–Kier alpha value is -2.05. The third kappa shape index (κ3) is 2.22. The van der Waals surface area contributed by atoms with Gasteiger partial charge in [0, 0.05) is 5.02 Å². The van der Waals surface area contributed by atoms with Crippen LogP contribution in [0.1, 0.15) is 11.1 Å². The molecule has 2 aromatic rings. The van der Waals surface area contributed by atoms with Crippen LogP contribution in [0.2, 0.25) is 5.02 Å². The highest BCUT2D eigenvalue weighted by atomic mass is 35.5. The van der Waals surface area contributed by atoms with E-state index in [4.69, 9.17) is 22.0 Å². The van der Waals surface area contributed by atoms with E-state index < -0.39 is 5.97 Å². The molecule has 2 aromatic carbocycles. The average Bonchev–Trinajstić information content (AvgIpc) is 2.32. The van der Waals surface area contributed by atoms with E-state index in [0.717, 1.165) is 10.8 Å². The lowest BCUT2D eigenvalue weighted by Crippen LogP contribution is -2.01. The average molecular weight is 246 g/mol. The van der Waals surface area contributed by atoms with Gasteiger partial charge in [-0.2, -0.15) is 5.26 Å². The number of fused-ring (bicyclic) bond motifs is 1. The van der Waals surface area contributed by atoms with Crippen LogP contribution in [0.4, 0.5) is 0 Å². The fourth-order valence-corrected chi connectivity index (χ4v) is 1.99. The molecule has 1 N–H and O–H groups in total. The molecule has 0 spiro atoms. The summed E-state index contributed by atoms with van der Waals surface area (Å²) in [5.41, 5.74) is 1.04. The van der Waals surface area contributed by atoms with Crippen LogP contribution in [0.3, 0.4) is 0 Å². The maximum Gasteiger partial charge on any atom is 0.307 e. The second-order valence-corrected chi connectivity index (χ2v) is 4.05. The molecular weight excluding hydrogens is 238 g/mol. The molecule has 0 bridgehead atoms. The van der Waals surface area contributed by atoms with Gasteiger partial charge in [0.05, 0.1) is 18.1 Å². The zero-order valence-corrected chi connectivity index (χ0v) is 9.53. The molecule has 0 atom stereocenters. The Bertz CT molecular complexity index is 644. The van der Waals surface area contributed by atoms with Crippen molar-refractivity contribution in [2.75, 3.05) is 0 Å². The van der Waals surface area contributed by atoms with Gasteiger partial charge in [0.1, 0.15) is 0 Å². The molecule has 0 amide bonds. The molecule has 17 heavy (non-hydrogen) atoms. The van der Waals surface area contributed by atoms with E-state index in [2.05, 4.69) is 0 Å². The molecule has 0 aliphatic carbocycles. The van der Waals surface area contributed by atoms with Gasteiger partial charge in [0.2, 0.25) is 0 Å². The van der Waals surface area contributed by atoms with E-state index in [9.17, 15) is 4.79 Å². The summed E-state index contributed by atoms with van der Waals surface area (Å²) in [6, 6.07) is 10.7. The Kier molecular flexibility index (Phi) is 2.99. The quantitative estimate of drug-likeness (QED) is 0.885. The summed E-state index contributed by atoms with van der Waals surface area (Å²) in [4.78, 5) is 10.8. The number of nitrogens with zero attached hydrogens (tertiary/aromatic N) is 1. The zero-order valence-electron chi connectivity index (χ0n) is 8.77. The molecule has 0 saturated carbocycles. The van der Waals surface area contributed by atoms with Gasteiger partial charge in [-0.05, 0) is 34.5 Å². The van der Waals surface area contributed by atoms with Crippen molar-refractivity contribution >= 4 is 28.3 Å². The van der Waals surface area contributed by atoms with E-state index in [0.29, 0.717) is 16.1 Å². The molecule has 0 unspecified atom stereocenters. The van der Waals surface area contributed by atoms with E-state index >= 15 is 0 Å². The second-order valence-electron chi connectivity index (χ2n) is 3.64. The van der Waals surface area contributed by atoms with Crippen LogP contribution < -0.4 is 0 Å². The summed E-state index contributed by atoms with van der Waals surface area (Å²) in [6.45, 7) is 0. The first-order valence-electron chi connectivity index (χ1n) is 4.95. The summed E-state index contributed by atoms with van der Waals surface area (Å²) in [5, 5.41) is 19.7. The van der Waals surface area contributed by atoms with Crippen molar-refractivity contribution in [3.05, 3.63) is 46.5 Å². The molecule has 0 aliphatic heterocycles. The Morgan fingerprint density at radius 3 is 2.71 bits per heavy atom. The number of carbonyl (C=O) groups is 1. The van der Waals surface area contributed by atoms with Crippen molar-refractivity contribution in [3.63, 3.8) is 0 Å². The molecular formula is C13H8ClNO2. The molecule has 84 valence electrons. The Balaban J connectivity index is 2.73. The summed E-state index contributed by atoms with van der Waals surface area (Å²) < 4.78 is 0. The van der Waals surface area contributed by atoms with Crippen LogP contribution in [-0.2, 0) is 11.2 Å². The normalized spacial score (nSPS) is 10.1. The van der Waals surface area contributed by atoms with Crippen LogP contribution in [0.25, 0.3) is 10.8 Å². The highest BCUT2D eigenvalue weighted by Crippen LogP contribution is 2.27. The van der Waals surface area contributed by atoms with Crippen LogP contribution in [-0.4, -0.2) is 11.1 Å². The number of carboxylic acid groups (broad SMARTS) is 1. The van der Waals surface area contributed by atoms with Gasteiger partial charge in [-0.3, -0.25) is 4.79 Å². The topological polar surface area (TPSA) is 61.1 Å². The molecule has 0 radical (unpaired) electrons. The number of aliphatic carboxylic acids is 1. The molecule has 2 rings (SSSR count). The number of hydrogen-bond donors (Lipinski definition) is 1. The van der Waals surface area contributed by atoms with Gasteiger partial charge >= 0.3 is 5.97 Å². The van der Waals surface area contributed by atoms with E-state index in [-0.39, 0.29) is 6.42 Å². The van der Waals surface area contributed by atoms with Crippen molar-refractivity contribution in [3.8, 4) is 6.07 Å². The summed E-state index contributed by atoms with van der Waals surface area (Å²) in [5.74, 6) is -0.943. The highest BCUT2D eigenvalue weighted by Gasteiger charge is 2.10. The van der Waals surface area contributed by atoms with E-state index in [1.165, 1.54) is 0 Å². The largest absolute Gasteiger partial charge is 0.481 e. The Labute approximate surface area is 103 Å². The number of hydrogen-bond acceptors (Lipinski definition) is 2. The number of nitriles is 1. The molecule has 0 fully saturated rings. The van der Waals surface area contributed by atoms with Crippen LogP contribution in [0.15, 0.2) is 30.3 Å². The van der Waals surface area contributed by atoms with Gasteiger partial charge in [-0.15, -0.1) is 0 Å². The standard InChI is InChI=1S/C13H8ClNO2/c14-12-4-3-9-2-1-8(7-15)5-10(9)11(12)6-13(16)17/h1-5H,6H2,(H,16,17). The van der Waals surface area contributed by atoms with Crippen molar-refractivity contribution in [2.24, 2.45) is 0 Å². The van der Waals surface area contributed by atoms with Crippen LogP contribution in [0.5, 0.6) is 0 Å². The first kappa shape index (κ1) is 11.4. The minimum Gasteiger partial charge on any atom is -0.481 e. The van der Waals surface area contributed by atoms with Crippen LogP contribution in [0, 0.1) is 11.3 Å². The molecule has 0 saturated heterocycles. The van der Waals surface area contributed by atoms with Gasteiger partial charge in [-0.1, -0.05) is 23.7 Å². The van der Waals surface area contributed by atoms with Gasteiger partial charge < -0.3 is 5.11 Å². The molecule has 0 heterocycles. The van der Waals surface area contributed by atoms with Crippen molar-refractivity contribution in [2.45, 2.75) is 6.42 Å². The number of halogens is 1. The minimum absolute atomic E-state index is 0.148. The second kappa shape index (κ2) is 4.44. The lowest BCUT2D eigenvalue weighted by atomic mass is 10.00. The highest BCUT2D eigenvalue weighted by molar-refractivity contribution is 6.32. The Morgan fingerprint density at radius 2 is 2.06 bits per heavy atom. The smallest absolute Gasteiger partial charge is 0.307 e. The van der Waals surface area contributed by atoms with Gasteiger partial charge in [0.25, 0.3) is 0 Å². The van der Waals surface area contributed by atoms with Crippen molar-refractivity contribution < 1.29 is 9.90 Å². The first-order valence-corrected chi connectivity index (χ1v) is 5.32. The van der Waals surface area contributed by atoms with E-state index in [1.807, 2.05) is 12.1 Å². The predicted molar refractivity (Wildman–Crippen MR) is 65.0 cm³/mol. The summed E-state index contributed by atoms with van der Waals surface area (Å²) in [7, 11) is 0. The monoisotopic (exact) mass is 245 g/mol. The first-order chi connectivity index (χ1) is 8.11. The summed E-state index contributed by atoms with van der Waals surface area (Å²) >= 11 is 6.00. The maximum absolute atomic E-state index is 10.8. The SMILES string of the molecule is N#Cc1ccc2ccc(Cl)c(CC(=O)O)c2c1. The third-order valence-electron chi connectivity index (χ3n) is 2.53. The van der Waals surface area contributed by atoms with Crippen LogP contribution >= 0.6 is 11.6 Å². The van der Waals surface area contributed by atoms with E-state index in [1.54, 1.807) is 24.3 Å². The minimum atomic E-state index is -0.943. The number of carboxylic acids is 1. The van der Waals surface area contributed by atoms with Crippen molar-refractivity contribution in [1.82, 2.24) is 0 Å². The fraction of sp³-hybridized carbons (Fsp3) is 0.0769. The lowest BCUT2D eigenvalue weighted by Gasteiger charge is -2.07. The molecule has 0 aliphatic rings. The molecule has 4 heteroatoms. The lowest BCUT2D eigenvalue weighted by molar-refractivity contribution is -0.136. The molecule has 3 nitrogen and oxygen atoms in total. The predicted octanol–water partition coefficient (Wildman–Crippen LogP) is 2.99.